The first-order valence-corrected chi connectivity index (χ1v) is 9.62. The zero-order valence-corrected chi connectivity index (χ0v) is 17.8. The Balaban J connectivity index is 0.000000183. The number of anilines is 2. The second kappa shape index (κ2) is 10.1. The molecule has 0 fully saturated rings. The number of nitrogens with zero attached hydrogens (tertiary/aromatic N) is 2. The summed E-state index contributed by atoms with van der Waals surface area (Å²) in [4.78, 5) is 8.13. The summed E-state index contributed by atoms with van der Waals surface area (Å²) in [6.07, 6.45) is 0. The lowest BCUT2D eigenvalue weighted by atomic mass is 10.2. The van der Waals surface area contributed by atoms with E-state index in [9.17, 15) is 10.2 Å². The van der Waals surface area contributed by atoms with Crippen molar-refractivity contribution < 1.29 is 15.3 Å². The average Bonchev–Trinajstić information content (AvgIpc) is 2.65. The van der Waals surface area contributed by atoms with Crippen molar-refractivity contribution in [1.29, 1.82) is 0 Å². The smallest absolute Gasteiger partial charge is 0.142 e. The molecule has 2 heterocycles. The number of aromatic hydroxyl groups is 2. The van der Waals surface area contributed by atoms with Crippen LogP contribution in [0.25, 0.3) is 21.8 Å². The summed E-state index contributed by atoms with van der Waals surface area (Å²) in [7, 11) is 0. The molecule has 0 aliphatic rings. The zero-order valence-electron chi connectivity index (χ0n) is 15.5. The van der Waals surface area contributed by atoms with Gasteiger partial charge in [-0.05, 0) is 59.3 Å². The summed E-state index contributed by atoms with van der Waals surface area (Å²) in [5.74, 6) is 1.07. The van der Waals surface area contributed by atoms with Gasteiger partial charge in [0.2, 0.25) is 0 Å². The number of phenolic OH excluding ortho intramolecular Hbond substituents is 2. The molecule has 0 unspecified atom stereocenters. The number of aromatic nitrogens is 2. The van der Waals surface area contributed by atoms with Crippen LogP contribution in [0.5, 0.6) is 11.5 Å². The largest absolute Gasteiger partial charge is 0.508 e. The molecule has 0 aliphatic heterocycles. The summed E-state index contributed by atoms with van der Waals surface area (Å²) >= 11 is 9.06. The first kappa shape index (κ1) is 22.5. The molecule has 0 saturated heterocycles. The van der Waals surface area contributed by atoms with Crippen molar-refractivity contribution in [1.82, 2.24) is 9.97 Å². The molecule has 9 heteroatoms. The molecular formula is C20H20BrClN4O3. The number of nitrogens with two attached hydrogens (primary N) is 2. The van der Waals surface area contributed by atoms with Gasteiger partial charge < -0.3 is 26.8 Å². The molecule has 0 radical (unpaired) electrons. The summed E-state index contributed by atoms with van der Waals surface area (Å²) in [5.41, 5.74) is 12.4. The Kier molecular flexibility index (Phi) is 7.83. The van der Waals surface area contributed by atoms with Crippen LogP contribution in [0.15, 0.2) is 53.0 Å². The topological polar surface area (TPSA) is 139 Å². The summed E-state index contributed by atoms with van der Waals surface area (Å²) in [6, 6.07) is 13.4. The molecule has 0 aliphatic carbocycles. The molecular weight excluding hydrogens is 460 g/mol. The average molecular weight is 480 g/mol. The molecule has 4 rings (SSSR count). The lowest BCUT2D eigenvalue weighted by Gasteiger charge is -2.01. The van der Waals surface area contributed by atoms with Gasteiger partial charge in [0.1, 0.15) is 23.1 Å². The molecule has 7 N–H and O–H groups in total. The normalized spacial score (nSPS) is 10.1. The minimum absolute atomic E-state index is 0.168. The number of nitrogen functional groups attached to an aromatic ring is 2. The number of phenols is 2. The molecule has 29 heavy (non-hydrogen) atoms. The highest BCUT2D eigenvalue weighted by molar-refractivity contribution is 9.10. The molecule has 0 amide bonds. The monoisotopic (exact) mass is 478 g/mol. The van der Waals surface area contributed by atoms with Crippen molar-refractivity contribution in [2.45, 2.75) is 6.92 Å². The third-order valence-corrected chi connectivity index (χ3v) is 4.50. The quantitative estimate of drug-likeness (QED) is 0.251. The Morgan fingerprint density at radius 2 is 1.31 bits per heavy atom. The van der Waals surface area contributed by atoms with Gasteiger partial charge in [0, 0.05) is 29.5 Å². The number of rotatable bonds is 0. The van der Waals surface area contributed by atoms with Gasteiger partial charge in [-0.1, -0.05) is 11.6 Å². The highest BCUT2D eigenvalue weighted by Gasteiger charge is 2.02. The molecule has 2 aromatic carbocycles. The van der Waals surface area contributed by atoms with E-state index in [4.69, 9.17) is 28.2 Å². The number of aliphatic hydroxyl groups excluding tert-OH is 1. The Bertz CT molecular complexity index is 1050. The number of halogens is 2. The van der Waals surface area contributed by atoms with Gasteiger partial charge in [-0.3, -0.25) is 0 Å². The predicted molar refractivity (Wildman–Crippen MR) is 121 cm³/mol. The van der Waals surface area contributed by atoms with Gasteiger partial charge in [0.25, 0.3) is 0 Å². The maximum absolute atomic E-state index is 9.20. The standard InChI is InChI=1S/C9H7BrN2O.C9H7ClN2O.C2H6O/c2*10-7-3-5-1-2-6(13)4-8(5)12-9(7)11;1-2-3/h2*1-4,13H,(H2,11,12);3H,2H2,1H3. The number of fused-ring (bicyclic) bond motifs is 2. The number of hydrogen-bond donors (Lipinski definition) is 5. The van der Waals surface area contributed by atoms with E-state index in [0.717, 1.165) is 15.2 Å². The van der Waals surface area contributed by atoms with Gasteiger partial charge in [0.15, 0.2) is 0 Å². The van der Waals surface area contributed by atoms with E-state index in [1.807, 2.05) is 6.07 Å². The van der Waals surface area contributed by atoms with Crippen molar-refractivity contribution in [3.63, 3.8) is 0 Å². The molecule has 152 valence electrons. The second-order valence-corrected chi connectivity index (χ2v) is 7.04. The van der Waals surface area contributed by atoms with Gasteiger partial charge in [-0.25, -0.2) is 9.97 Å². The fourth-order valence-electron chi connectivity index (χ4n) is 2.29. The van der Waals surface area contributed by atoms with Crippen molar-refractivity contribution in [2.75, 3.05) is 18.1 Å². The van der Waals surface area contributed by atoms with E-state index in [2.05, 4.69) is 25.9 Å². The lowest BCUT2D eigenvalue weighted by Crippen LogP contribution is -1.91. The molecule has 2 aromatic heterocycles. The van der Waals surface area contributed by atoms with Gasteiger partial charge in [0.05, 0.1) is 20.5 Å². The zero-order chi connectivity index (χ0) is 21.6. The van der Waals surface area contributed by atoms with Crippen LogP contribution in [0, 0.1) is 0 Å². The maximum Gasteiger partial charge on any atom is 0.142 e. The molecule has 0 spiro atoms. The van der Waals surface area contributed by atoms with Crippen molar-refractivity contribution in [3.8, 4) is 11.5 Å². The van der Waals surface area contributed by atoms with Crippen LogP contribution in [0.3, 0.4) is 0 Å². The number of aliphatic hydroxyl groups is 1. The van der Waals surface area contributed by atoms with Crippen molar-refractivity contribution in [2.24, 2.45) is 0 Å². The fraction of sp³-hybridized carbons (Fsp3) is 0.100. The van der Waals surface area contributed by atoms with Crippen LogP contribution in [0.4, 0.5) is 11.6 Å². The third-order valence-electron chi connectivity index (χ3n) is 3.56. The third kappa shape index (κ3) is 6.08. The van der Waals surface area contributed by atoms with Gasteiger partial charge in [-0.2, -0.15) is 0 Å². The van der Waals surface area contributed by atoms with Crippen LogP contribution >= 0.6 is 27.5 Å². The van der Waals surface area contributed by atoms with E-state index in [1.54, 1.807) is 49.4 Å². The SMILES string of the molecule is CCO.Nc1nc2cc(O)ccc2cc1Br.Nc1nc2cc(O)ccc2cc1Cl. The van der Waals surface area contributed by atoms with Crippen LogP contribution in [0.1, 0.15) is 6.92 Å². The predicted octanol–water partition coefficient (Wildman–Crippen LogP) is 4.46. The minimum Gasteiger partial charge on any atom is -0.508 e. The van der Waals surface area contributed by atoms with E-state index in [-0.39, 0.29) is 23.9 Å². The lowest BCUT2D eigenvalue weighted by molar-refractivity contribution is 0.318. The number of benzene rings is 2. The summed E-state index contributed by atoms with van der Waals surface area (Å²) < 4.78 is 0.769. The van der Waals surface area contributed by atoms with Crippen LogP contribution < -0.4 is 11.5 Å². The first-order chi connectivity index (χ1) is 13.7. The Hall–Kier alpha value is -2.81. The maximum atomic E-state index is 9.20. The van der Waals surface area contributed by atoms with Gasteiger partial charge >= 0.3 is 0 Å². The minimum atomic E-state index is 0.168. The van der Waals surface area contributed by atoms with E-state index >= 15 is 0 Å². The highest BCUT2D eigenvalue weighted by Crippen LogP contribution is 2.26. The van der Waals surface area contributed by atoms with Crippen molar-refractivity contribution >= 4 is 61.0 Å². The molecule has 7 nitrogen and oxygen atoms in total. The molecule has 4 aromatic rings. The Morgan fingerprint density at radius 3 is 1.83 bits per heavy atom. The fourth-order valence-corrected chi connectivity index (χ4v) is 2.78. The van der Waals surface area contributed by atoms with Crippen LogP contribution in [-0.4, -0.2) is 31.9 Å². The van der Waals surface area contributed by atoms with Crippen LogP contribution in [-0.2, 0) is 0 Å². The van der Waals surface area contributed by atoms with Crippen molar-refractivity contribution in [3.05, 3.63) is 58.0 Å². The summed E-state index contributed by atoms with van der Waals surface area (Å²) in [6.45, 7) is 1.93. The highest BCUT2D eigenvalue weighted by atomic mass is 79.9. The molecule has 0 bridgehead atoms. The second-order valence-electron chi connectivity index (χ2n) is 5.78. The molecule has 0 atom stereocenters. The van der Waals surface area contributed by atoms with Crippen LogP contribution in [0.2, 0.25) is 5.02 Å². The van der Waals surface area contributed by atoms with E-state index < -0.39 is 0 Å². The Labute approximate surface area is 180 Å². The summed E-state index contributed by atoms with van der Waals surface area (Å²) in [5, 5.41) is 28.2. The first-order valence-electron chi connectivity index (χ1n) is 8.45. The number of pyridine rings is 2. The van der Waals surface area contributed by atoms with E-state index in [1.165, 1.54) is 0 Å². The number of hydrogen-bond acceptors (Lipinski definition) is 7. The molecule has 0 saturated carbocycles. The van der Waals surface area contributed by atoms with Gasteiger partial charge in [-0.15, -0.1) is 0 Å². The van der Waals surface area contributed by atoms with E-state index in [0.29, 0.717) is 21.9 Å². The Morgan fingerprint density at radius 1 is 0.862 bits per heavy atom.